The molecular weight excluding hydrogens is 382 g/mol. The lowest BCUT2D eigenvalue weighted by molar-refractivity contribution is -0.117. The second-order valence-electron chi connectivity index (χ2n) is 6.20. The number of nitrogens with zero attached hydrogens (tertiary/aromatic N) is 2. The van der Waals surface area contributed by atoms with Crippen LogP contribution in [0.15, 0.2) is 23.1 Å². The van der Waals surface area contributed by atoms with Crippen molar-refractivity contribution in [1.82, 2.24) is 9.21 Å². The van der Waals surface area contributed by atoms with Gasteiger partial charge in [-0.3, -0.25) is 9.69 Å². The van der Waals surface area contributed by atoms with E-state index in [9.17, 15) is 13.2 Å². The van der Waals surface area contributed by atoms with Crippen molar-refractivity contribution in [2.75, 3.05) is 44.0 Å². The van der Waals surface area contributed by atoms with Crippen LogP contribution in [0.4, 0.5) is 5.69 Å². The summed E-state index contributed by atoms with van der Waals surface area (Å²) in [4.78, 5) is 14.5. The molecule has 25 heavy (non-hydrogen) atoms. The number of hydrogen-bond acceptors (Lipinski definition) is 5. The van der Waals surface area contributed by atoms with Gasteiger partial charge in [-0.25, -0.2) is 12.7 Å². The fourth-order valence-electron chi connectivity index (χ4n) is 2.54. The molecule has 140 valence electrons. The van der Waals surface area contributed by atoms with E-state index in [0.29, 0.717) is 18.3 Å². The van der Waals surface area contributed by atoms with E-state index in [1.807, 2.05) is 11.8 Å². The third-order valence-electron chi connectivity index (χ3n) is 4.15. The molecule has 1 heterocycles. The first-order valence-electron chi connectivity index (χ1n) is 8.05. The fraction of sp³-hybridized carbons (Fsp3) is 0.562. The van der Waals surface area contributed by atoms with E-state index in [1.54, 1.807) is 6.07 Å². The normalized spacial score (nSPS) is 19.6. The van der Waals surface area contributed by atoms with Crippen LogP contribution in [0.3, 0.4) is 0 Å². The van der Waals surface area contributed by atoms with Crippen molar-refractivity contribution in [2.24, 2.45) is 0 Å². The summed E-state index contributed by atoms with van der Waals surface area (Å²) in [6.45, 7) is 3.30. The molecule has 0 radical (unpaired) electrons. The maximum atomic E-state index is 12.4. The first-order chi connectivity index (χ1) is 11.7. The molecule has 1 N–H and O–H groups in total. The molecule has 9 heteroatoms. The zero-order valence-electron chi connectivity index (χ0n) is 14.7. The van der Waals surface area contributed by atoms with E-state index in [4.69, 9.17) is 11.6 Å². The van der Waals surface area contributed by atoms with E-state index in [-0.39, 0.29) is 15.8 Å². The zero-order chi connectivity index (χ0) is 18.6. The lowest BCUT2D eigenvalue weighted by atomic mass is 10.2. The molecule has 1 amide bonds. The topological polar surface area (TPSA) is 69.7 Å². The molecule has 0 bridgehead atoms. The number of rotatable bonds is 5. The van der Waals surface area contributed by atoms with Crippen molar-refractivity contribution in [3.05, 3.63) is 23.2 Å². The van der Waals surface area contributed by atoms with Gasteiger partial charge in [0.25, 0.3) is 0 Å². The average molecular weight is 406 g/mol. The molecule has 0 aromatic heterocycles. The van der Waals surface area contributed by atoms with E-state index in [0.717, 1.165) is 28.8 Å². The number of halogens is 1. The van der Waals surface area contributed by atoms with Gasteiger partial charge in [0.1, 0.15) is 4.90 Å². The maximum absolute atomic E-state index is 12.4. The third kappa shape index (κ3) is 5.34. The van der Waals surface area contributed by atoms with E-state index < -0.39 is 10.0 Å². The number of carbonyl (C=O) groups excluding carboxylic acids is 1. The molecule has 0 saturated carbocycles. The standard InChI is InChI=1S/C16H24ClN3O3S2/c1-12-6-8-24-9-7-20(12)11-16(21)18-13-4-5-14(17)15(10-13)25(22,23)19(2)3/h4-5,10,12H,6-9,11H2,1-3H3,(H,18,21)/t12-/m1/s1. The van der Waals surface area contributed by atoms with Gasteiger partial charge in [-0.1, -0.05) is 11.6 Å². The van der Waals surface area contributed by atoms with Crippen LogP contribution >= 0.6 is 23.4 Å². The zero-order valence-corrected chi connectivity index (χ0v) is 17.0. The number of amides is 1. The number of anilines is 1. The molecule has 1 aromatic carbocycles. The quantitative estimate of drug-likeness (QED) is 0.814. The summed E-state index contributed by atoms with van der Waals surface area (Å²) in [5, 5.41) is 2.91. The SMILES string of the molecule is C[C@@H]1CCSCCN1CC(=O)Nc1ccc(Cl)c(S(=O)(=O)N(C)C)c1. The highest BCUT2D eigenvalue weighted by Gasteiger charge is 2.23. The van der Waals surface area contributed by atoms with Gasteiger partial charge in [0.2, 0.25) is 15.9 Å². The van der Waals surface area contributed by atoms with Gasteiger partial charge in [-0.15, -0.1) is 0 Å². The highest BCUT2D eigenvalue weighted by atomic mass is 35.5. The van der Waals surface area contributed by atoms with Crippen LogP contribution in [0.5, 0.6) is 0 Å². The molecule has 1 aliphatic rings. The Kier molecular flexibility index (Phi) is 7.16. The Bertz CT molecular complexity index is 725. The number of nitrogens with one attached hydrogen (secondary N) is 1. The van der Waals surface area contributed by atoms with Crippen LogP contribution in [-0.2, 0) is 14.8 Å². The Labute approximate surface area is 158 Å². The minimum Gasteiger partial charge on any atom is -0.325 e. The van der Waals surface area contributed by atoms with Crippen molar-refractivity contribution >= 4 is 45.0 Å². The summed E-state index contributed by atoms with van der Waals surface area (Å²) in [6, 6.07) is 4.85. The minimum absolute atomic E-state index is 0.0171. The predicted octanol–water partition coefficient (Wildman–Crippen LogP) is 2.36. The molecule has 1 saturated heterocycles. The summed E-state index contributed by atoms with van der Waals surface area (Å²) in [5.74, 6) is 1.97. The van der Waals surface area contributed by atoms with Crippen LogP contribution in [0, 0.1) is 0 Å². The molecule has 1 aliphatic heterocycles. The number of carbonyl (C=O) groups is 1. The lowest BCUT2D eigenvalue weighted by Gasteiger charge is -2.25. The van der Waals surface area contributed by atoms with Crippen molar-refractivity contribution in [3.63, 3.8) is 0 Å². The second kappa shape index (κ2) is 8.73. The molecule has 0 spiro atoms. The Morgan fingerprint density at radius 1 is 1.40 bits per heavy atom. The van der Waals surface area contributed by atoms with E-state index >= 15 is 0 Å². The van der Waals surface area contributed by atoms with Crippen molar-refractivity contribution < 1.29 is 13.2 Å². The average Bonchev–Trinajstić information content (AvgIpc) is 2.74. The van der Waals surface area contributed by atoms with Crippen molar-refractivity contribution in [1.29, 1.82) is 0 Å². The number of benzene rings is 1. The summed E-state index contributed by atoms with van der Waals surface area (Å²) in [6.07, 6.45) is 1.06. The molecule has 0 unspecified atom stereocenters. The first-order valence-corrected chi connectivity index (χ1v) is 11.0. The van der Waals surface area contributed by atoms with E-state index in [1.165, 1.54) is 26.2 Å². The van der Waals surface area contributed by atoms with Crippen molar-refractivity contribution in [2.45, 2.75) is 24.3 Å². The monoisotopic (exact) mass is 405 g/mol. The number of thioether (sulfide) groups is 1. The number of hydrogen-bond donors (Lipinski definition) is 1. The van der Waals surface area contributed by atoms with E-state index in [2.05, 4.69) is 17.1 Å². The van der Waals surface area contributed by atoms with Gasteiger partial charge in [-0.2, -0.15) is 11.8 Å². The van der Waals surface area contributed by atoms with Gasteiger partial charge < -0.3 is 5.32 Å². The second-order valence-corrected chi connectivity index (χ2v) is 9.95. The van der Waals surface area contributed by atoms with Gasteiger partial charge in [0.15, 0.2) is 0 Å². The maximum Gasteiger partial charge on any atom is 0.244 e. The summed E-state index contributed by atoms with van der Waals surface area (Å²) in [5.41, 5.74) is 0.423. The molecule has 1 aromatic rings. The Morgan fingerprint density at radius 3 is 2.80 bits per heavy atom. The van der Waals surface area contributed by atoms with Gasteiger partial charge in [0, 0.05) is 38.1 Å². The van der Waals surface area contributed by atoms with Crippen LogP contribution in [-0.4, -0.2) is 68.3 Å². The fourth-order valence-corrected chi connectivity index (χ4v) is 5.01. The van der Waals surface area contributed by atoms with Gasteiger partial charge in [0.05, 0.1) is 11.6 Å². The molecule has 1 fully saturated rings. The Hall–Kier alpha value is -0.800. The Morgan fingerprint density at radius 2 is 2.12 bits per heavy atom. The largest absolute Gasteiger partial charge is 0.325 e. The highest BCUT2D eigenvalue weighted by molar-refractivity contribution is 7.99. The van der Waals surface area contributed by atoms with Crippen LogP contribution in [0.25, 0.3) is 0 Å². The molecule has 0 aliphatic carbocycles. The van der Waals surface area contributed by atoms with Crippen molar-refractivity contribution in [3.8, 4) is 0 Å². The first kappa shape index (κ1) is 20.5. The van der Waals surface area contributed by atoms with Crippen LogP contribution in [0.1, 0.15) is 13.3 Å². The third-order valence-corrected chi connectivity index (χ3v) is 7.44. The predicted molar refractivity (Wildman–Crippen MR) is 104 cm³/mol. The van der Waals surface area contributed by atoms with Crippen LogP contribution in [0.2, 0.25) is 5.02 Å². The highest BCUT2D eigenvalue weighted by Crippen LogP contribution is 2.27. The minimum atomic E-state index is -3.67. The molecular formula is C16H24ClN3O3S2. The summed E-state index contributed by atoms with van der Waals surface area (Å²) < 4.78 is 25.7. The van der Waals surface area contributed by atoms with Gasteiger partial charge in [-0.05, 0) is 37.3 Å². The molecule has 6 nitrogen and oxygen atoms in total. The smallest absolute Gasteiger partial charge is 0.244 e. The Balaban J connectivity index is 2.11. The lowest BCUT2D eigenvalue weighted by Crippen LogP contribution is -2.40. The van der Waals surface area contributed by atoms with Gasteiger partial charge >= 0.3 is 0 Å². The summed E-state index contributed by atoms with van der Waals surface area (Å²) in [7, 11) is -0.789. The summed E-state index contributed by atoms with van der Waals surface area (Å²) >= 11 is 7.93. The molecule has 2 rings (SSSR count). The number of sulfonamides is 1. The van der Waals surface area contributed by atoms with Crippen LogP contribution < -0.4 is 5.32 Å². The molecule has 1 atom stereocenters.